The minimum Gasteiger partial charge on any atom is -0.337 e. The molecule has 0 aliphatic carbocycles. The Morgan fingerprint density at radius 3 is 2.60 bits per heavy atom. The molecule has 1 aromatic heterocycles. The van der Waals surface area contributed by atoms with Crippen molar-refractivity contribution in [2.75, 3.05) is 0 Å². The van der Waals surface area contributed by atoms with Gasteiger partial charge in [0.25, 0.3) is 0 Å². The molecular formula is C11H10ClNS2. The summed E-state index contributed by atoms with van der Waals surface area (Å²) >= 11 is 12.7. The number of thiazole rings is 1. The predicted molar refractivity (Wildman–Crippen MR) is 69.4 cm³/mol. The number of aryl methyl sites for hydroxylation is 2. The number of aromatic nitrogens is 1. The summed E-state index contributed by atoms with van der Waals surface area (Å²) in [6.45, 7) is 4.07. The maximum atomic E-state index is 5.98. The Kier molecular flexibility index (Phi) is 2.96. The molecule has 0 aliphatic rings. The van der Waals surface area contributed by atoms with Crippen LogP contribution in [0.15, 0.2) is 18.2 Å². The quantitative estimate of drug-likeness (QED) is 0.728. The molecule has 0 bridgehead atoms. The fourth-order valence-electron chi connectivity index (χ4n) is 1.48. The molecule has 0 atom stereocenters. The van der Waals surface area contributed by atoms with Gasteiger partial charge in [-0.15, -0.1) is 11.3 Å². The van der Waals surface area contributed by atoms with Crippen molar-refractivity contribution in [2.24, 2.45) is 0 Å². The molecule has 4 heteroatoms. The van der Waals surface area contributed by atoms with Crippen LogP contribution in [-0.2, 0) is 0 Å². The standard InChI is InChI=1S/C11H10ClNS2/c1-6-5-8(3-4-9(6)12)10-7(2)15-11(14)13-10/h3-5H,1-2H3,(H,13,14). The first-order valence-corrected chi connectivity index (χ1v) is 6.14. The van der Waals surface area contributed by atoms with Crippen LogP contribution in [0.1, 0.15) is 10.4 Å². The summed E-state index contributed by atoms with van der Waals surface area (Å²) in [7, 11) is 0. The molecule has 1 heterocycles. The van der Waals surface area contributed by atoms with Gasteiger partial charge in [0.1, 0.15) is 0 Å². The number of benzene rings is 1. The lowest BCUT2D eigenvalue weighted by Gasteiger charge is -2.03. The Hall–Kier alpha value is -0.640. The molecule has 0 saturated carbocycles. The molecule has 0 aliphatic heterocycles. The topological polar surface area (TPSA) is 15.8 Å². The highest BCUT2D eigenvalue weighted by Crippen LogP contribution is 2.28. The zero-order valence-electron chi connectivity index (χ0n) is 8.43. The molecule has 0 saturated heterocycles. The van der Waals surface area contributed by atoms with Crippen LogP contribution in [0.4, 0.5) is 0 Å². The summed E-state index contributed by atoms with van der Waals surface area (Å²) in [5.41, 5.74) is 3.32. The largest absolute Gasteiger partial charge is 0.337 e. The van der Waals surface area contributed by atoms with E-state index in [0.29, 0.717) is 0 Å². The van der Waals surface area contributed by atoms with E-state index in [2.05, 4.69) is 18.0 Å². The number of aromatic amines is 1. The fraction of sp³-hybridized carbons (Fsp3) is 0.182. The van der Waals surface area contributed by atoms with Crippen molar-refractivity contribution >= 4 is 35.2 Å². The molecule has 2 rings (SSSR count). The highest BCUT2D eigenvalue weighted by Gasteiger charge is 2.06. The van der Waals surface area contributed by atoms with Gasteiger partial charge < -0.3 is 4.98 Å². The van der Waals surface area contributed by atoms with Crippen LogP contribution in [0.5, 0.6) is 0 Å². The molecule has 1 N–H and O–H groups in total. The zero-order valence-corrected chi connectivity index (χ0v) is 10.8. The summed E-state index contributed by atoms with van der Waals surface area (Å²) in [4.78, 5) is 4.41. The first-order chi connectivity index (χ1) is 7.08. The number of H-pyrrole nitrogens is 1. The van der Waals surface area contributed by atoms with Gasteiger partial charge in [-0.1, -0.05) is 17.7 Å². The number of rotatable bonds is 1. The normalized spacial score (nSPS) is 10.6. The maximum absolute atomic E-state index is 5.98. The maximum Gasteiger partial charge on any atom is 0.159 e. The highest BCUT2D eigenvalue weighted by atomic mass is 35.5. The zero-order chi connectivity index (χ0) is 11.0. The molecule has 1 nitrogen and oxygen atoms in total. The van der Waals surface area contributed by atoms with Crippen LogP contribution in [-0.4, -0.2) is 4.98 Å². The predicted octanol–water partition coefficient (Wildman–Crippen LogP) is 4.74. The molecule has 0 spiro atoms. The molecule has 15 heavy (non-hydrogen) atoms. The van der Waals surface area contributed by atoms with Gasteiger partial charge in [0, 0.05) is 9.90 Å². The van der Waals surface area contributed by atoms with E-state index < -0.39 is 0 Å². The van der Waals surface area contributed by atoms with Gasteiger partial charge in [-0.05, 0) is 49.3 Å². The van der Waals surface area contributed by atoms with Crippen molar-refractivity contribution in [3.8, 4) is 11.3 Å². The van der Waals surface area contributed by atoms with E-state index in [0.717, 1.165) is 25.8 Å². The third-order valence-corrected chi connectivity index (χ3v) is 3.85. The van der Waals surface area contributed by atoms with Gasteiger partial charge in [-0.25, -0.2) is 0 Å². The smallest absolute Gasteiger partial charge is 0.159 e. The molecule has 0 amide bonds. The Morgan fingerprint density at radius 1 is 1.33 bits per heavy atom. The van der Waals surface area contributed by atoms with E-state index >= 15 is 0 Å². The number of nitrogens with one attached hydrogen (secondary N) is 1. The third kappa shape index (κ3) is 2.14. The fourth-order valence-corrected chi connectivity index (χ4v) is 2.78. The molecule has 1 aromatic carbocycles. The number of halogens is 1. The Balaban J connectivity index is 2.59. The van der Waals surface area contributed by atoms with Crippen LogP contribution >= 0.6 is 35.2 Å². The van der Waals surface area contributed by atoms with Gasteiger partial charge >= 0.3 is 0 Å². The number of hydrogen-bond donors (Lipinski definition) is 1. The van der Waals surface area contributed by atoms with Crippen molar-refractivity contribution in [3.05, 3.63) is 37.6 Å². The molecule has 78 valence electrons. The second kappa shape index (κ2) is 4.08. The van der Waals surface area contributed by atoms with Crippen LogP contribution in [0.2, 0.25) is 5.02 Å². The molecule has 0 radical (unpaired) electrons. The minimum atomic E-state index is 0.797. The van der Waals surface area contributed by atoms with E-state index in [4.69, 9.17) is 23.8 Å². The minimum absolute atomic E-state index is 0.797. The Morgan fingerprint density at radius 2 is 2.07 bits per heavy atom. The lowest BCUT2D eigenvalue weighted by molar-refractivity contribution is 1.35. The Labute approximate surface area is 103 Å². The number of hydrogen-bond acceptors (Lipinski definition) is 2. The summed E-state index contributed by atoms with van der Waals surface area (Å²) in [5.74, 6) is 0. The van der Waals surface area contributed by atoms with Gasteiger partial charge in [0.2, 0.25) is 0 Å². The van der Waals surface area contributed by atoms with Gasteiger partial charge in [-0.3, -0.25) is 0 Å². The van der Waals surface area contributed by atoms with Crippen molar-refractivity contribution in [3.63, 3.8) is 0 Å². The highest BCUT2D eigenvalue weighted by molar-refractivity contribution is 7.73. The van der Waals surface area contributed by atoms with Gasteiger partial charge in [-0.2, -0.15) is 0 Å². The van der Waals surface area contributed by atoms with Crippen LogP contribution in [0.3, 0.4) is 0 Å². The second-order valence-corrected chi connectivity index (χ2v) is 5.71. The first-order valence-electron chi connectivity index (χ1n) is 4.54. The monoisotopic (exact) mass is 255 g/mol. The average molecular weight is 256 g/mol. The van der Waals surface area contributed by atoms with Gasteiger partial charge in [0.15, 0.2) is 3.95 Å². The molecular weight excluding hydrogens is 246 g/mol. The average Bonchev–Trinajstić information content (AvgIpc) is 2.50. The van der Waals surface area contributed by atoms with Crippen molar-refractivity contribution in [1.82, 2.24) is 4.98 Å². The summed E-state index contributed by atoms with van der Waals surface area (Å²) in [6, 6.07) is 6.00. The summed E-state index contributed by atoms with van der Waals surface area (Å²) in [6.07, 6.45) is 0. The summed E-state index contributed by atoms with van der Waals surface area (Å²) in [5, 5.41) is 0.797. The van der Waals surface area contributed by atoms with Crippen molar-refractivity contribution < 1.29 is 0 Å². The third-order valence-electron chi connectivity index (χ3n) is 2.27. The van der Waals surface area contributed by atoms with Gasteiger partial charge in [0.05, 0.1) is 5.69 Å². The lowest BCUT2D eigenvalue weighted by Crippen LogP contribution is -1.82. The molecule has 0 fully saturated rings. The van der Waals surface area contributed by atoms with Crippen molar-refractivity contribution in [2.45, 2.75) is 13.8 Å². The van der Waals surface area contributed by atoms with E-state index in [1.54, 1.807) is 11.3 Å². The van der Waals surface area contributed by atoms with Crippen LogP contribution in [0, 0.1) is 17.8 Å². The van der Waals surface area contributed by atoms with Crippen LogP contribution < -0.4 is 0 Å². The molecule has 0 unspecified atom stereocenters. The van der Waals surface area contributed by atoms with E-state index in [1.807, 2.05) is 19.1 Å². The lowest BCUT2D eigenvalue weighted by atomic mass is 10.1. The second-order valence-electron chi connectivity index (χ2n) is 3.41. The van der Waals surface area contributed by atoms with E-state index in [-0.39, 0.29) is 0 Å². The molecule has 2 aromatic rings. The first kappa shape index (κ1) is 10.9. The SMILES string of the molecule is Cc1cc(-c2[nH]c(=S)sc2C)ccc1Cl. The van der Waals surface area contributed by atoms with Crippen molar-refractivity contribution in [1.29, 1.82) is 0 Å². The summed E-state index contributed by atoms with van der Waals surface area (Å²) < 4.78 is 0.815. The van der Waals surface area contributed by atoms with E-state index in [9.17, 15) is 0 Å². The Bertz CT molecular complexity index is 554. The van der Waals surface area contributed by atoms with Crippen LogP contribution in [0.25, 0.3) is 11.3 Å². The van der Waals surface area contributed by atoms with E-state index in [1.165, 1.54) is 4.88 Å².